The van der Waals surface area contributed by atoms with Crippen molar-refractivity contribution >= 4 is 34.8 Å². The van der Waals surface area contributed by atoms with Crippen molar-refractivity contribution in [1.29, 1.82) is 0 Å². The predicted molar refractivity (Wildman–Crippen MR) is 93.3 cm³/mol. The lowest BCUT2D eigenvalue weighted by Crippen LogP contribution is -2.40. The van der Waals surface area contributed by atoms with Crippen molar-refractivity contribution in [3.63, 3.8) is 0 Å². The Bertz CT molecular complexity index is 658. The van der Waals surface area contributed by atoms with E-state index in [0.717, 1.165) is 0 Å². The number of benzene rings is 1. The highest BCUT2D eigenvalue weighted by atomic mass is 35.5. The van der Waals surface area contributed by atoms with Crippen LogP contribution in [0.2, 0.25) is 5.02 Å². The van der Waals surface area contributed by atoms with Crippen LogP contribution in [-0.2, 0) is 4.79 Å². The number of hydrogen-bond donors (Lipinski definition) is 2. The maximum atomic E-state index is 14.3. The lowest BCUT2D eigenvalue weighted by Gasteiger charge is -2.17. The van der Waals surface area contributed by atoms with E-state index < -0.39 is 12.0 Å². The van der Waals surface area contributed by atoms with Gasteiger partial charge in [0.15, 0.2) is 0 Å². The van der Waals surface area contributed by atoms with E-state index in [0.29, 0.717) is 28.7 Å². The normalized spacial score (nSPS) is 21.6. The van der Waals surface area contributed by atoms with Crippen molar-refractivity contribution in [2.45, 2.75) is 12.5 Å². The van der Waals surface area contributed by atoms with Crippen LogP contribution in [0.3, 0.4) is 0 Å². The number of hydrogen-bond acceptors (Lipinski definition) is 2. The zero-order valence-electron chi connectivity index (χ0n) is 12.4. The number of anilines is 1. The minimum Gasteiger partial charge on any atom is -0.325 e. The first-order valence-electron chi connectivity index (χ1n) is 7.15. The molecule has 1 aromatic carbocycles. The largest absolute Gasteiger partial charge is 0.325 e. The number of allylic oxidation sites excluding steroid dienone is 4. The summed E-state index contributed by atoms with van der Waals surface area (Å²) >= 11 is 11.5. The first-order valence-corrected chi connectivity index (χ1v) is 7.91. The van der Waals surface area contributed by atoms with E-state index in [-0.39, 0.29) is 11.7 Å². The fraction of sp³-hybridized carbons (Fsp3) is 0.235. The minimum atomic E-state index is -0.627. The molecule has 0 bridgehead atoms. The Morgan fingerprint density at radius 3 is 2.96 bits per heavy atom. The molecule has 2 atom stereocenters. The zero-order valence-corrected chi connectivity index (χ0v) is 13.9. The van der Waals surface area contributed by atoms with E-state index >= 15 is 0 Å². The standard InChI is InChI=1S/C17H17Cl2FN2O/c1-11(18)4-2-7-15(20)14-8-9-21-16(14)17(23)22-13-6-3-5-12(19)10-13/h2-7,10,14,16,21H,1,8-9H2,(H,22,23)/b4-2-,15-7-. The highest BCUT2D eigenvalue weighted by Gasteiger charge is 2.35. The van der Waals surface area contributed by atoms with Gasteiger partial charge in [0.05, 0.1) is 6.04 Å². The Morgan fingerprint density at radius 2 is 2.26 bits per heavy atom. The van der Waals surface area contributed by atoms with E-state index in [1.54, 1.807) is 24.3 Å². The smallest absolute Gasteiger partial charge is 0.242 e. The molecule has 3 nitrogen and oxygen atoms in total. The summed E-state index contributed by atoms with van der Waals surface area (Å²) in [6.07, 6.45) is 4.83. The van der Waals surface area contributed by atoms with Crippen molar-refractivity contribution in [3.05, 3.63) is 65.0 Å². The van der Waals surface area contributed by atoms with E-state index in [1.807, 2.05) is 0 Å². The van der Waals surface area contributed by atoms with Crippen molar-refractivity contribution in [2.75, 3.05) is 11.9 Å². The second-order valence-electron chi connectivity index (χ2n) is 5.18. The summed E-state index contributed by atoms with van der Waals surface area (Å²) in [7, 11) is 0. The summed E-state index contributed by atoms with van der Waals surface area (Å²) in [5, 5.41) is 6.62. The number of nitrogens with one attached hydrogen (secondary N) is 2. The van der Waals surface area contributed by atoms with E-state index in [2.05, 4.69) is 17.2 Å². The first kappa shape index (κ1) is 17.7. The molecule has 2 N–H and O–H groups in total. The molecule has 1 fully saturated rings. The minimum absolute atomic E-state index is 0.288. The molecular formula is C17H17Cl2FN2O. The van der Waals surface area contributed by atoms with Gasteiger partial charge in [-0.15, -0.1) is 0 Å². The number of amides is 1. The highest BCUT2D eigenvalue weighted by molar-refractivity contribution is 6.31. The van der Waals surface area contributed by atoms with Crippen LogP contribution in [-0.4, -0.2) is 18.5 Å². The number of rotatable bonds is 5. The fourth-order valence-electron chi connectivity index (χ4n) is 2.43. The Hall–Kier alpha value is -1.62. The highest BCUT2D eigenvalue weighted by Crippen LogP contribution is 2.26. The van der Waals surface area contributed by atoms with Gasteiger partial charge in [-0.05, 0) is 43.3 Å². The molecule has 0 spiro atoms. The van der Waals surface area contributed by atoms with Crippen LogP contribution in [0.1, 0.15) is 6.42 Å². The molecular weight excluding hydrogens is 338 g/mol. The molecule has 2 unspecified atom stereocenters. The summed E-state index contributed by atoms with van der Waals surface area (Å²) in [5.41, 5.74) is 0.581. The molecule has 0 radical (unpaired) electrons. The van der Waals surface area contributed by atoms with Crippen LogP contribution in [0.4, 0.5) is 10.1 Å². The molecule has 122 valence electrons. The summed E-state index contributed by atoms with van der Waals surface area (Å²) in [5.74, 6) is -1.16. The van der Waals surface area contributed by atoms with Gasteiger partial charge in [0.1, 0.15) is 5.83 Å². The molecule has 1 aliphatic heterocycles. The second-order valence-corrected chi connectivity index (χ2v) is 6.11. The van der Waals surface area contributed by atoms with Crippen molar-refractivity contribution < 1.29 is 9.18 Å². The quantitative estimate of drug-likeness (QED) is 0.768. The summed E-state index contributed by atoms with van der Waals surface area (Å²) in [6, 6.07) is 6.20. The van der Waals surface area contributed by atoms with Gasteiger partial charge >= 0.3 is 0 Å². The number of carbonyl (C=O) groups is 1. The lowest BCUT2D eigenvalue weighted by atomic mass is 9.98. The van der Waals surface area contributed by atoms with Gasteiger partial charge in [-0.3, -0.25) is 4.79 Å². The topological polar surface area (TPSA) is 41.1 Å². The van der Waals surface area contributed by atoms with Crippen molar-refractivity contribution in [2.24, 2.45) is 5.92 Å². The van der Waals surface area contributed by atoms with E-state index in [4.69, 9.17) is 23.2 Å². The molecule has 6 heteroatoms. The Kier molecular flexibility index (Phi) is 6.39. The molecule has 0 aliphatic carbocycles. The molecule has 1 aromatic rings. The van der Waals surface area contributed by atoms with Crippen LogP contribution < -0.4 is 10.6 Å². The third-order valence-corrected chi connectivity index (χ3v) is 3.84. The Labute approximate surface area is 144 Å². The maximum absolute atomic E-state index is 14.3. The molecule has 2 rings (SSSR count). The van der Waals surface area contributed by atoms with Gasteiger partial charge in [-0.25, -0.2) is 4.39 Å². The molecule has 1 aliphatic rings. The molecule has 1 amide bonds. The van der Waals surface area contributed by atoms with Gasteiger partial charge in [-0.1, -0.05) is 41.9 Å². The molecule has 0 aromatic heterocycles. The summed E-state index contributed by atoms with van der Waals surface area (Å²) in [4.78, 5) is 12.4. The Morgan fingerprint density at radius 1 is 1.48 bits per heavy atom. The van der Waals surface area contributed by atoms with Crippen molar-refractivity contribution in [1.82, 2.24) is 5.32 Å². The maximum Gasteiger partial charge on any atom is 0.242 e. The summed E-state index contributed by atoms with van der Waals surface area (Å²) in [6.45, 7) is 4.06. The second kappa shape index (κ2) is 8.29. The average molecular weight is 355 g/mol. The first-order chi connectivity index (χ1) is 11.0. The van der Waals surface area contributed by atoms with Gasteiger partial charge in [0, 0.05) is 21.7 Å². The van der Waals surface area contributed by atoms with E-state index in [9.17, 15) is 9.18 Å². The van der Waals surface area contributed by atoms with Gasteiger partial charge in [0.25, 0.3) is 0 Å². The third-order valence-electron chi connectivity index (χ3n) is 3.48. The molecule has 0 saturated carbocycles. The van der Waals surface area contributed by atoms with Gasteiger partial charge in [-0.2, -0.15) is 0 Å². The third kappa shape index (κ3) is 5.20. The predicted octanol–water partition coefficient (Wildman–Crippen LogP) is 4.42. The molecule has 23 heavy (non-hydrogen) atoms. The Balaban J connectivity index is 2.05. The van der Waals surface area contributed by atoms with Crippen molar-refractivity contribution in [3.8, 4) is 0 Å². The molecule has 1 heterocycles. The number of halogens is 3. The SMILES string of the molecule is C=C(Cl)/C=C\C=C(/F)C1CCNC1C(=O)Nc1cccc(Cl)c1. The monoisotopic (exact) mass is 354 g/mol. The van der Waals surface area contributed by atoms with Gasteiger partial charge in [0.2, 0.25) is 5.91 Å². The number of carbonyl (C=O) groups excluding carboxylic acids is 1. The fourth-order valence-corrected chi connectivity index (χ4v) is 2.69. The van der Waals surface area contributed by atoms with Crippen LogP contribution in [0.5, 0.6) is 0 Å². The van der Waals surface area contributed by atoms with E-state index in [1.165, 1.54) is 18.2 Å². The summed E-state index contributed by atoms with van der Waals surface area (Å²) < 4.78 is 14.3. The van der Waals surface area contributed by atoms with Gasteiger partial charge < -0.3 is 10.6 Å². The zero-order chi connectivity index (χ0) is 16.8. The van der Waals surface area contributed by atoms with Crippen LogP contribution >= 0.6 is 23.2 Å². The van der Waals surface area contributed by atoms with Crippen LogP contribution in [0, 0.1) is 5.92 Å². The molecule has 1 saturated heterocycles. The van der Waals surface area contributed by atoms with Crippen LogP contribution in [0.15, 0.2) is 59.9 Å². The average Bonchev–Trinajstić information content (AvgIpc) is 2.96. The lowest BCUT2D eigenvalue weighted by molar-refractivity contribution is -0.118. The van der Waals surface area contributed by atoms with Crippen LogP contribution in [0.25, 0.3) is 0 Å².